The number of carbonyl (C=O) groups excluding carboxylic acids is 2. The summed E-state index contributed by atoms with van der Waals surface area (Å²) in [6.07, 6.45) is 2.19. The normalized spacial score (nSPS) is 19.9. The molecular weight excluding hydrogens is 271 g/mol. The second-order valence-corrected chi connectivity index (χ2v) is 5.41. The number of rotatable bonds is 7. The highest BCUT2D eigenvalue weighted by molar-refractivity contribution is 5.92. The lowest BCUT2D eigenvalue weighted by Crippen LogP contribution is -2.31. The van der Waals surface area contributed by atoms with E-state index in [1.165, 1.54) is 12.1 Å². The molecule has 5 heteroatoms. The summed E-state index contributed by atoms with van der Waals surface area (Å²) in [4.78, 5) is 23.6. The summed E-state index contributed by atoms with van der Waals surface area (Å²) in [6, 6.07) is 6.23. The molecule has 2 amide bonds. The lowest BCUT2D eigenvalue weighted by atomic mass is 10.1. The van der Waals surface area contributed by atoms with Crippen molar-refractivity contribution in [3.05, 3.63) is 35.6 Å². The smallest absolute Gasteiger partial charge is 0.223 e. The number of benzene rings is 1. The first-order valence-electron chi connectivity index (χ1n) is 7.41. The third kappa shape index (κ3) is 4.55. The van der Waals surface area contributed by atoms with Crippen molar-refractivity contribution in [2.75, 3.05) is 13.1 Å². The number of nitrogens with one attached hydrogen (secondary N) is 2. The van der Waals surface area contributed by atoms with Crippen molar-refractivity contribution >= 4 is 11.8 Å². The topological polar surface area (TPSA) is 58.2 Å². The van der Waals surface area contributed by atoms with Gasteiger partial charge in [-0.3, -0.25) is 9.59 Å². The fourth-order valence-corrected chi connectivity index (χ4v) is 2.27. The van der Waals surface area contributed by atoms with Crippen LogP contribution in [0.4, 0.5) is 4.39 Å². The van der Waals surface area contributed by atoms with E-state index in [0.717, 1.165) is 12.0 Å². The van der Waals surface area contributed by atoms with Crippen molar-refractivity contribution in [3.63, 3.8) is 0 Å². The van der Waals surface area contributed by atoms with Gasteiger partial charge in [0.05, 0.1) is 11.8 Å². The second kappa shape index (κ2) is 7.20. The molecule has 2 N–H and O–H groups in total. The molecule has 1 saturated carbocycles. The highest BCUT2D eigenvalue weighted by atomic mass is 19.1. The Labute approximate surface area is 124 Å². The Kier molecular flexibility index (Phi) is 5.31. The van der Waals surface area contributed by atoms with Crippen molar-refractivity contribution < 1.29 is 14.0 Å². The molecule has 0 bridgehead atoms. The van der Waals surface area contributed by atoms with E-state index in [-0.39, 0.29) is 29.5 Å². The van der Waals surface area contributed by atoms with Crippen LogP contribution in [0.15, 0.2) is 24.3 Å². The number of carbonyl (C=O) groups is 2. The van der Waals surface area contributed by atoms with Crippen molar-refractivity contribution in [2.24, 2.45) is 11.8 Å². The Morgan fingerprint density at radius 2 is 1.67 bits per heavy atom. The Morgan fingerprint density at radius 1 is 1.10 bits per heavy atom. The SMILES string of the molecule is CCCNC(=O)C1CC1C(=O)NCCc1ccc(F)cc1. The summed E-state index contributed by atoms with van der Waals surface area (Å²) in [5, 5.41) is 5.65. The zero-order valence-electron chi connectivity index (χ0n) is 12.2. The van der Waals surface area contributed by atoms with Crippen LogP contribution in [0, 0.1) is 17.7 Å². The maximum absolute atomic E-state index is 12.8. The molecule has 21 heavy (non-hydrogen) atoms. The highest BCUT2D eigenvalue weighted by Gasteiger charge is 2.47. The minimum Gasteiger partial charge on any atom is -0.356 e. The molecule has 114 valence electrons. The standard InChI is InChI=1S/C16H21FN2O2/c1-2-8-18-15(20)13-10-14(13)16(21)19-9-7-11-3-5-12(17)6-4-11/h3-6,13-14H,2,7-10H2,1H3,(H,18,20)(H,19,21). The molecule has 2 atom stereocenters. The van der Waals surface area contributed by atoms with Crippen LogP contribution in [0.1, 0.15) is 25.3 Å². The van der Waals surface area contributed by atoms with E-state index >= 15 is 0 Å². The summed E-state index contributed by atoms with van der Waals surface area (Å²) in [6.45, 7) is 3.16. The Hall–Kier alpha value is -1.91. The number of hydrogen-bond acceptors (Lipinski definition) is 2. The molecule has 1 fully saturated rings. The van der Waals surface area contributed by atoms with Crippen LogP contribution in [0.25, 0.3) is 0 Å². The van der Waals surface area contributed by atoms with Crippen LogP contribution in [0.5, 0.6) is 0 Å². The van der Waals surface area contributed by atoms with Crippen molar-refractivity contribution in [1.29, 1.82) is 0 Å². The van der Waals surface area contributed by atoms with Crippen molar-refractivity contribution in [3.8, 4) is 0 Å². The van der Waals surface area contributed by atoms with Gasteiger partial charge in [0.2, 0.25) is 11.8 Å². The lowest BCUT2D eigenvalue weighted by Gasteiger charge is -2.06. The predicted octanol–water partition coefficient (Wildman–Crippen LogP) is 1.65. The van der Waals surface area contributed by atoms with Crippen LogP contribution >= 0.6 is 0 Å². The summed E-state index contributed by atoms with van der Waals surface area (Å²) >= 11 is 0. The molecule has 4 nitrogen and oxygen atoms in total. The van der Waals surface area contributed by atoms with Gasteiger partial charge < -0.3 is 10.6 Å². The molecule has 0 aliphatic heterocycles. The number of hydrogen-bond donors (Lipinski definition) is 2. The van der Waals surface area contributed by atoms with E-state index in [0.29, 0.717) is 25.9 Å². The van der Waals surface area contributed by atoms with Gasteiger partial charge >= 0.3 is 0 Å². The predicted molar refractivity (Wildman–Crippen MR) is 78.0 cm³/mol. The van der Waals surface area contributed by atoms with Crippen molar-refractivity contribution in [2.45, 2.75) is 26.2 Å². The van der Waals surface area contributed by atoms with E-state index in [2.05, 4.69) is 10.6 Å². The first-order valence-corrected chi connectivity index (χ1v) is 7.41. The van der Waals surface area contributed by atoms with Gasteiger partial charge in [0.25, 0.3) is 0 Å². The van der Waals surface area contributed by atoms with E-state index in [9.17, 15) is 14.0 Å². The molecule has 2 unspecified atom stereocenters. The molecule has 0 spiro atoms. The molecular formula is C16H21FN2O2. The third-order valence-electron chi connectivity index (χ3n) is 3.64. The summed E-state index contributed by atoms with van der Waals surface area (Å²) in [5.41, 5.74) is 0.977. The van der Waals surface area contributed by atoms with E-state index in [1.54, 1.807) is 12.1 Å². The van der Waals surface area contributed by atoms with E-state index in [4.69, 9.17) is 0 Å². The average Bonchev–Trinajstić information content (AvgIpc) is 3.27. The maximum Gasteiger partial charge on any atom is 0.223 e. The zero-order valence-corrected chi connectivity index (χ0v) is 12.2. The van der Waals surface area contributed by atoms with Gasteiger partial charge in [-0.1, -0.05) is 19.1 Å². The first kappa shape index (κ1) is 15.5. The van der Waals surface area contributed by atoms with Gasteiger partial charge in [-0.25, -0.2) is 4.39 Å². The van der Waals surface area contributed by atoms with Crippen LogP contribution in [0.2, 0.25) is 0 Å². The summed E-state index contributed by atoms with van der Waals surface area (Å²) in [7, 11) is 0. The van der Waals surface area contributed by atoms with Gasteiger partial charge in [-0.15, -0.1) is 0 Å². The summed E-state index contributed by atoms with van der Waals surface area (Å²) < 4.78 is 12.8. The molecule has 1 aliphatic rings. The van der Waals surface area contributed by atoms with Crippen LogP contribution in [-0.2, 0) is 16.0 Å². The van der Waals surface area contributed by atoms with Gasteiger partial charge in [-0.05, 0) is 37.0 Å². The average molecular weight is 292 g/mol. The Bertz CT molecular complexity index is 502. The molecule has 0 aromatic heterocycles. The minimum absolute atomic E-state index is 0.0180. The Balaban J connectivity index is 1.67. The molecule has 2 rings (SSSR count). The Morgan fingerprint density at radius 3 is 2.24 bits per heavy atom. The van der Waals surface area contributed by atoms with Crippen LogP contribution in [-0.4, -0.2) is 24.9 Å². The largest absolute Gasteiger partial charge is 0.356 e. The zero-order chi connectivity index (χ0) is 15.2. The van der Waals surface area contributed by atoms with E-state index < -0.39 is 0 Å². The third-order valence-corrected chi connectivity index (χ3v) is 3.64. The van der Waals surface area contributed by atoms with Gasteiger partial charge in [-0.2, -0.15) is 0 Å². The molecule has 0 heterocycles. The fraction of sp³-hybridized carbons (Fsp3) is 0.500. The lowest BCUT2D eigenvalue weighted by molar-refractivity contribution is -0.127. The van der Waals surface area contributed by atoms with Gasteiger partial charge in [0.15, 0.2) is 0 Å². The molecule has 1 aromatic rings. The number of halogens is 1. The van der Waals surface area contributed by atoms with Gasteiger partial charge in [0.1, 0.15) is 5.82 Å². The highest BCUT2D eigenvalue weighted by Crippen LogP contribution is 2.38. The minimum atomic E-state index is -0.262. The fourth-order valence-electron chi connectivity index (χ4n) is 2.27. The van der Waals surface area contributed by atoms with Crippen LogP contribution < -0.4 is 10.6 Å². The second-order valence-electron chi connectivity index (χ2n) is 5.41. The molecule has 0 radical (unpaired) electrons. The molecule has 1 aromatic carbocycles. The first-order chi connectivity index (χ1) is 10.1. The van der Waals surface area contributed by atoms with E-state index in [1.807, 2.05) is 6.92 Å². The molecule has 1 aliphatic carbocycles. The van der Waals surface area contributed by atoms with Gasteiger partial charge in [0, 0.05) is 13.1 Å². The monoisotopic (exact) mass is 292 g/mol. The molecule has 0 saturated heterocycles. The number of amides is 2. The maximum atomic E-state index is 12.8. The van der Waals surface area contributed by atoms with Crippen molar-refractivity contribution in [1.82, 2.24) is 10.6 Å². The quantitative estimate of drug-likeness (QED) is 0.803. The summed E-state index contributed by atoms with van der Waals surface area (Å²) in [5.74, 6) is -0.691. The van der Waals surface area contributed by atoms with Crippen LogP contribution in [0.3, 0.4) is 0 Å².